The highest BCUT2D eigenvalue weighted by Gasteiger charge is 2.37. The number of carboxylic acid groups (broad SMARTS) is 1. The van der Waals surface area contributed by atoms with Gasteiger partial charge in [0.05, 0.1) is 5.33 Å². The van der Waals surface area contributed by atoms with Crippen LogP contribution in [0.5, 0.6) is 0 Å². The van der Waals surface area contributed by atoms with Crippen LogP contribution in [0.25, 0.3) is 0 Å². The number of rotatable bonds is 4. The second-order valence-electron chi connectivity index (χ2n) is 3.08. The Morgan fingerprint density at radius 3 is 2.19 bits per heavy atom. The highest BCUT2D eigenvalue weighted by molar-refractivity contribution is 9.09. The van der Waals surface area contributed by atoms with E-state index in [1.165, 1.54) is 0 Å². The molecule has 1 N–H and O–H groups in total. The van der Waals surface area contributed by atoms with Crippen molar-refractivity contribution in [3.63, 3.8) is 0 Å². The van der Waals surface area contributed by atoms with E-state index in [1.54, 1.807) is 0 Å². The lowest BCUT2D eigenvalue weighted by molar-refractivity contribution is -0.170. The molecule has 88 valence electrons. The van der Waals surface area contributed by atoms with Crippen LogP contribution in [0.4, 0.5) is 0 Å². The second kappa shape index (κ2) is 5.06. The lowest BCUT2D eigenvalue weighted by atomic mass is 10.4. The highest BCUT2D eigenvalue weighted by atomic mass is 79.9. The average molecular weight is 293 g/mol. The number of imide groups is 1. The molecule has 0 aromatic carbocycles. The Labute approximate surface area is 99.1 Å². The Hall–Kier alpha value is -1.44. The summed E-state index contributed by atoms with van der Waals surface area (Å²) >= 11 is 2.86. The molecule has 0 radical (unpaired) electrons. The molecule has 0 aliphatic carbocycles. The summed E-state index contributed by atoms with van der Waals surface area (Å²) in [5, 5.41) is 9.70. The van der Waals surface area contributed by atoms with Gasteiger partial charge >= 0.3 is 5.97 Å². The lowest BCUT2D eigenvalue weighted by Crippen LogP contribution is -2.51. The van der Waals surface area contributed by atoms with Crippen molar-refractivity contribution in [2.75, 3.05) is 11.9 Å². The zero-order valence-electron chi connectivity index (χ0n) is 8.18. The Morgan fingerprint density at radius 2 is 1.81 bits per heavy atom. The van der Waals surface area contributed by atoms with Crippen molar-refractivity contribution < 1.29 is 24.3 Å². The number of hydrazine groups is 1. The Balaban J connectivity index is 2.91. The Bertz CT molecular complexity index is 340. The van der Waals surface area contributed by atoms with E-state index in [2.05, 4.69) is 15.9 Å². The molecule has 0 saturated carbocycles. The van der Waals surface area contributed by atoms with Crippen molar-refractivity contribution >= 4 is 39.6 Å². The van der Waals surface area contributed by atoms with Gasteiger partial charge in [0.1, 0.15) is 6.54 Å². The van der Waals surface area contributed by atoms with Gasteiger partial charge in [-0.3, -0.25) is 19.2 Å². The molecule has 0 spiro atoms. The first-order chi connectivity index (χ1) is 7.47. The third-order valence-corrected chi connectivity index (χ3v) is 2.43. The fourth-order valence-electron chi connectivity index (χ4n) is 1.30. The molecule has 0 aromatic heterocycles. The number of carbonyl (C=O) groups excluding carboxylic acids is 3. The standard InChI is InChI=1S/C8H9BrN2O5/c9-3-7(14)10(4-8(15)16)11-5(12)1-2-6(11)13/h1-4H2,(H,15,16). The summed E-state index contributed by atoms with van der Waals surface area (Å²) < 4.78 is 0. The van der Waals surface area contributed by atoms with Crippen molar-refractivity contribution in [3.8, 4) is 0 Å². The van der Waals surface area contributed by atoms with Gasteiger partial charge in [-0.15, -0.1) is 0 Å². The zero-order chi connectivity index (χ0) is 12.3. The van der Waals surface area contributed by atoms with Crippen LogP contribution in [0, 0.1) is 0 Å². The fraction of sp³-hybridized carbons (Fsp3) is 0.500. The molecule has 8 heteroatoms. The van der Waals surface area contributed by atoms with Gasteiger partial charge in [0.2, 0.25) is 11.8 Å². The topological polar surface area (TPSA) is 95.0 Å². The smallest absolute Gasteiger partial charge is 0.325 e. The van der Waals surface area contributed by atoms with Crippen LogP contribution in [0.1, 0.15) is 12.8 Å². The van der Waals surface area contributed by atoms with Gasteiger partial charge in [0.15, 0.2) is 0 Å². The predicted octanol–water partition coefficient (Wildman–Crippen LogP) is -0.642. The number of carboxylic acids is 1. The summed E-state index contributed by atoms with van der Waals surface area (Å²) in [6.45, 7) is -0.706. The molecule has 0 aromatic rings. The molecule has 1 aliphatic heterocycles. The molecule has 1 heterocycles. The third-order valence-electron chi connectivity index (χ3n) is 1.95. The van der Waals surface area contributed by atoms with E-state index in [9.17, 15) is 19.2 Å². The van der Waals surface area contributed by atoms with Gasteiger partial charge in [0, 0.05) is 12.8 Å². The summed E-state index contributed by atoms with van der Waals surface area (Å²) in [6.07, 6.45) is 0.00896. The maximum atomic E-state index is 11.4. The number of aliphatic carboxylic acids is 1. The molecule has 1 fully saturated rings. The van der Waals surface area contributed by atoms with Gasteiger partial charge in [-0.1, -0.05) is 15.9 Å². The molecule has 16 heavy (non-hydrogen) atoms. The summed E-state index contributed by atoms with van der Waals surface area (Å²) in [5.74, 6) is -3.05. The highest BCUT2D eigenvalue weighted by Crippen LogP contribution is 2.15. The van der Waals surface area contributed by atoms with Crippen molar-refractivity contribution in [2.45, 2.75) is 12.8 Å². The van der Waals surface area contributed by atoms with E-state index in [1.807, 2.05) is 0 Å². The van der Waals surface area contributed by atoms with Gasteiger partial charge in [-0.25, -0.2) is 5.01 Å². The summed E-state index contributed by atoms with van der Waals surface area (Å²) in [4.78, 5) is 44.6. The van der Waals surface area contributed by atoms with E-state index < -0.39 is 30.2 Å². The van der Waals surface area contributed by atoms with Crippen molar-refractivity contribution in [1.82, 2.24) is 10.0 Å². The summed E-state index contributed by atoms with van der Waals surface area (Å²) in [6, 6.07) is 0. The second-order valence-corrected chi connectivity index (χ2v) is 3.64. The van der Waals surface area contributed by atoms with Crippen LogP contribution in [0.3, 0.4) is 0 Å². The number of nitrogens with zero attached hydrogens (tertiary/aromatic N) is 2. The first kappa shape index (κ1) is 12.6. The first-order valence-electron chi connectivity index (χ1n) is 4.41. The normalized spacial score (nSPS) is 15.4. The van der Waals surface area contributed by atoms with Crippen LogP contribution in [-0.2, 0) is 19.2 Å². The molecular formula is C8H9BrN2O5. The van der Waals surface area contributed by atoms with E-state index in [0.29, 0.717) is 10.0 Å². The van der Waals surface area contributed by atoms with Crippen molar-refractivity contribution in [1.29, 1.82) is 0 Å². The van der Waals surface area contributed by atoms with E-state index in [-0.39, 0.29) is 18.2 Å². The van der Waals surface area contributed by atoms with Crippen LogP contribution >= 0.6 is 15.9 Å². The number of hydrogen-bond donors (Lipinski definition) is 1. The minimum atomic E-state index is -1.29. The molecular weight excluding hydrogens is 284 g/mol. The number of amides is 3. The van der Waals surface area contributed by atoms with E-state index in [0.717, 1.165) is 0 Å². The lowest BCUT2D eigenvalue weighted by Gasteiger charge is -2.27. The van der Waals surface area contributed by atoms with Gasteiger partial charge in [0.25, 0.3) is 5.91 Å². The Kier molecular flexibility index (Phi) is 3.99. The number of hydrogen-bond acceptors (Lipinski definition) is 4. The maximum absolute atomic E-state index is 11.4. The van der Waals surface area contributed by atoms with E-state index >= 15 is 0 Å². The van der Waals surface area contributed by atoms with Crippen LogP contribution < -0.4 is 0 Å². The predicted molar refractivity (Wildman–Crippen MR) is 54.2 cm³/mol. The minimum Gasteiger partial charge on any atom is -0.480 e. The molecule has 0 atom stereocenters. The summed E-state index contributed by atoms with van der Waals surface area (Å²) in [5.41, 5.74) is 0. The molecule has 1 aliphatic rings. The van der Waals surface area contributed by atoms with Gasteiger partial charge in [-0.05, 0) is 0 Å². The zero-order valence-corrected chi connectivity index (χ0v) is 9.77. The third kappa shape index (κ3) is 2.57. The quantitative estimate of drug-likeness (QED) is 0.549. The minimum absolute atomic E-state index is 0.00448. The van der Waals surface area contributed by atoms with Crippen LogP contribution in [-0.4, -0.2) is 50.7 Å². The average Bonchev–Trinajstić information content (AvgIpc) is 2.54. The van der Waals surface area contributed by atoms with Crippen LogP contribution in [0.2, 0.25) is 0 Å². The van der Waals surface area contributed by atoms with Gasteiger partial charge in [-0.2, -0.15) is 5.01 Å². The monoisotopic (exact) mass is 292 g/mol. The van der Waals surface area contributed by atoms with Crippen molar-refractivity contribution in [3.05, 3.63) is 0 Å². The molecule has 1 saturated heterocycles. The van der Waals surface area contributed by atoms with Crippen LogP contribution in [0.15, 0.2) is 0 Å². The SMILES string of the molecule is O=C(O)CN(C(=O)CBr)N1C(=O)CCC1=O. The first-order valence-corrected chi connectivity index (χ1v) is 5.53. The summed E-state index contributed by atoms with van der Waals surface area (Å²) in [7, 11) is 0. The van der Waals surface area contributed by atoms with Gasteiger partial charge < -0.3 is 5.11 Å². The Morgan fingerprint density at radius 1 is 1.31 bits per heavy atom. The molecule has 0 unspecified atom stereocenters. The number of halogens is 1. The molecule has 1 rings (SSSR count). The fourth-order valence-corrected chi connectivity index (χ4v) is 1.59. The number of alkyl halides is 1. The van der Waals surface area contributed by atoms with Crippen molar-refractivity contribution in [2.24, 2.45) is 0 Å². The molecule has 7 nitrogen and oxygen atoms in total. The molecule has 0 bridgehead atoms. The largest absolute Gasteiger partial charge is 0.480 e. The van der Waals surface area contributed by atoms with E-state index in [4.69, 9.17) is 5.11 Å². The maximum Gasteiger partial charge on any atom is 0.325 e. The molecule has 3 amide bonds. The number of carbonyl (C=O) groups is 4.